The van der Waals surface area contributed by atoms with Gasteiger partial charge < -0.3 is 4.74 Å². The van der Waals surface area contributed by atoms with Crippen LogP contribution in [0.5, 0.6) is 0 Å². The van der Waals surface area contributed by atoms with Crippen LogP contribution < -0.4 is 0 Å². The maximum absolute atomic E-state index is 10.1. The Morgan fingerprint density at radius 1 is 1.83 bits per heavy atom. The molecule has 1 heterocycles. The second-order valence-electron chi connectivity index (χ2n) is 1.19. The van der Waals surface area contributed by atoms with Gasteiger partial charge in [-0.1, -0.05) is 0 Å². The predicted molar refractivity (Wildman–Crippen MR) is 20.1 cm³/mol. The molecule has 0 N–H and O–H groups in total. The lowest BCUT2D eigenvalue weighted by Crippen LogP contribution is -1.92. The zero-order valence-corrected chi connectivity index (χ0v) is 3.31. The molecule has 6 heavy (non-hydrogen) atoms. The maximum Gasteiger partial charge on any atom is 0.334 e. The fourth-order valence-electron chi connectivity index (χ4n) is 0.370. The van der Waals surface area contributed by atoms with Gasteiger partial charge in [0.05, 0.1) is 0 Å². The lowest BCUT2D eigenvalue weighted by molar-refractivity contribution is -0.115. The van der Waals surface area contributed by atoms with E-state index in [2.05, 4.69) is 4.74 Å². The van der Waals surface area contributed by atoms with Crippen molar-refractivity contribution in [1.29, 1.82) is 0 Å². The Bertz CT molecular complexity index is 59.9. The van der Waals surface area contributed by atoms with Crippen LogP contribution in [0.2, 0.25) is 0 Å². The van der Waals surface area contributed by atoms with E-state index in [0.29, 0.717) is 13.2 Å². The zero-order valence-electron chi connectivity index (χ0n) is 3.31. The molecule has 1 fully saturated rings. The molecule has 0 bridgehead atoms. The summed E-state index contributed by atoms with van der Waals surface area (Å²) in [6, 6.07) is 0. The number of hydrogen-bond acceptors (Lipinski definition) is 2. The average molecular weight is 85.1 g/mol. The molecule has 0 unspecified atom stereocenters. The van der Waals surface area contributed by atoms with Crippen LogP contribution in [0.3, 0.4) is 0 Å². The molecule has 0 spiro atoms. The number of rotatable bonds is 0. The number of ether oxygens (including phenoxy) is 1. The Morgan fingerprint density at radius 3 is 2.83 bits per heavy atom. The molecule has 0 aromatic carbocycles. The fraction of sp³-hybridized carbons (Fsp3) is 0.500. The highest BCUT2D eigenvalue weighted by atomic mass is 16.5. The highest BCUT2D eigenvalue weighted by Crippen LogP contribution is 1.92. The van der Waals surface area contributed by atoms with Crippen molar-refractivity contribution < 1.29 is 9.53 Å². The van der Waals surface area contributed by atoms with Gasteiger partial charge in [0.15, 0.2) is 19.6 Å². The van der Waals surface area contributed by atoms with Gasteiger partial charge in [0.25, 0.3) is 0 Å². The number of hydrogen-bond donors (Lipinski definition) is 0. The minimum Gasteiger partial charge on any atom is -0.327 e. The highest BCUT2D eigenvalue weighted by Gasteiger charge is 2.19. The number of ketones is 1. The Balaban J connectivity index is 2.37. The van der Waals surface area contributed by atoms with E-state index in [9.17, 15) is 4.79 Å². The van der Waals surface area contributed by atoms with Gasteiger partial charge in [0.2, 0.25) is 0 Å². The fourth-order valence-corrected chi connectivity index (χ4v) is 0.370. The normalized spacial score (nSPS) is 21.0. The van der Waals surface area contributed by atoms with Crippen molar-refractivity contribution in [3.05, 3.63) is 6.42 Å². The minimum absolute atomic E-state index is 0.106. The summed E-state index contributed by atoms with van der Waals surface area (Å²) in [5, 5.41) is 0. The van der Waals surface area contributed by atoms with Gasteiger partial charge >= 0.3 is 5.78 Å². The molecule has 0 radical (unpaired) electrons. The summed E-state index contributed by atoms with van der Waals surface area (Å²) in [5.74, 6) is 0.106. The molecule has 1 aliphatic heterocycles. The van der Waals surface area contributed by atoms with Gasteiger partial charge in [0.1, 0.15) is 0 Å². The van der Waals surface area contributed by atoms with E-state index in [0.717, 1.165) is 0 Å². The van der Waals surface area contributed by atoms with E-state index in [-0.39, 0.29) is 5.78 Å². The van der Waals surface area contributed by atoms with Crippen molar-refractivity contribution in [2.45, 2.75) is 0 Å². The van der Waals surface area contributed by atoms with Crippen LogP contribution in [0, 0.1) is 6.42 Å². The van der Waals surface area contributed by atoms with Crippen molar-refractivity contribution in [3.63, 3.8) is 0 Å². The molecule has 32 valence electrons. The van der Waals surface area contributed by atoms with Gasteiger partial charge in [-0.3, -0.25) is 0 Å². The van der Waals surface area contributed by atoms with E-state index in [4.69, 9.17) is 0 Å². The van der Waals surface area contributed by atoms with E-state index in [1.54, 1.807) is 6.42 Å². The molecule has 2 heteroatoms. The van der Waals surface area contributed by atoms with E-state index >= 15 is 0 Å². The Hall–Kier alpha value is -0.500. The number of carbonyl (C=O) groups is 1. The second kappa shape index (κ2) is 1.30. The first-order valence-electron chi connectivity index (χ1n) is 1.83. The molecule has 0 amide bonds. The smallest absolute Gasteiger partial charge is 0.327 e. The third-order valence-electron chi connectivity index (χ3n) is 0.673. The first-order valence-corrected chi connectivity index (χ1v) is 1.83. The summed E-state index contributed by atoms with van der Waals surface area (Å²) < 4.78 is 4.65. The molecule has 2 nitrogen and oxygen atoms in total. The topological polar surface area (TPSA) is 26.3 Å². The molecule has 1 saturated heterocycles. The summed E-state index contributed by atoms with van der Waals surface area (Å²) in [7, 11) is 0. The van der Waals surface area contributed by atoms with Gasteiger partial charge in [-0.05, 0) is 0 Å². The van der Waals surface area contributed by atoms with E-state index in [1.165, 1.54) is 0 Å². The van der Waals surface area contributed by atoms with E-state index in [1.807, 2.05) is 0 Å². The number of carbonyl (C=O) groups excluding carboxylic acids is 1. The standard InChI is InChI=1S/C4H5O2/c5-4-1-2-6-3-4/h1H,2-3H2/q+1. The zero-order chi connectivity index (χ0) is 4.41. The first kappa shape index (κ1) is 3.68. The van der Waals surface area contributed by atoms with Gasteiger partial charge in [-0.2, -0.15) is 0 Å². The Labute approximate surface area is 36.1 Å². The van der Waals surface area contributed by atoms with Crippen molar-refractivity contribution >= 4 is 5.78 Å². The minimum atomic E-state index is 0.106. The predicted octanol–water partition coefficient (Wildman–Crippen LogP) is -0.210. The lowest BCUT2D eigenvalue weighted by atomic mass is 10.4. The molecule has 0 aromatic rings. The maximum atomic E-state index is 10.1. The third kappa shape index (κ3) is 0.518. The molecule has 1 aliphatic rings. The summed E-state index contributed by atoms with van der Waals surface area (Å²) >= 11 is 0. The lowest BCUT2D eigenvalue weighted by Gasteiger charge is -1.68. The van der Waals surface area contributed by atoms with Crippen LogP contribution in [0.4, 0.5) is 0 Å². The van der Waals surface area contributed by atoms with E-state index < -0.39 is 0 Å². The SMILES string of the molecule is O=C1[CH+]COC1. The van der Waals surface area contributed by atoms with Crippen LogP contribution >= 0.6 is 0 Å². The molecule has 0 atom stereocenters. The third-order valence-corrected chi connectivity index (χ3v) is 0.673. The molecule has 0 saturated carbocycles. The highest BCUT2D eigenvalue weighted by molar-refractivity contribution is 5.89. The van der Waals surface area contributed by atoms with Crippen LogP contribution in [0.1, 0.15) is 0 Å². The molecular weight excluding hydrogens is 80.0 g/mol. The summed E-state index contributed by atoms with van der Waals surface area (Å²) in [6.07, 6.45) is 1.54. The molecule has 1 rings (SSSR count). The largest absolute Gasteiger partial charge is 0.334 e. The Kier molecular flexibility index (Phi) is 0.801. The van der Waals surface area contributed by atoms with Crippen LogP contribution in [-0.2, 0) is 9.53 Å². The monoisotopic (exact) mass is 85.0 g/mol. The van der Waals surface area contributed by atoms with Gasteiger partial charge in [-0.25, -0.2) is 4.79 Å². The average Bonchev–Trinajstić information content (AvgIpc) is 1.86. The number of Topliss-reactive ketones (excluding diaryl/α,β-unsaturated/α-hetero) is 1. The quantitative estimate of drug-likeness (QED) is 0.380. The van der Waals surface area contributed by atoms with Gasteiger partial charge in [-0.15, -0.1) is 0 Å². The van der Waals surface area contributed by atoms with Crippen molar-refractivity contribution in [1.82, 2.24) is 0 Å². The Morgan fingerprint density at radius 2 is 2.67 bits per heavy atom. The van der Waals surface area contributed by atoms with Crippen molar-refractivity contribution in [2.24, 2.45) is 0 Å². The molecule has 0 aromatic heterocycles. The van der Waals surface area contributed by atoms with Crippen molar-refractivity contribution in [2.75, 3.05) is 13.2 Å². The molecular formula is C4H5O2+. The second-order valence-corrected chi connectivity index (χ2v) is 1.19. The van der Waals surface area contributed by atoms with Crippen molar-refractivity contribution in [3.8, 4) is 0 Å². The summed E-state index contributed by atoms with van der Waals surface area (Å²) in [6.45, 7) is 0.804. The first-order chi connectivity index (χ1) is 2.89. The van der Waals surface area contributed by atoms with Gasteiger partial charge in [0, 0.05) is 0 Å². The van der Waals surface area contributed by atoms with Crippen LogP contribution in [-0.4, -0.2) is 19.0 Å². The summed E-state index contributed by atoms with van der Waals surface area (Å²) in [4.78, 5) is 10.1. The summed E-state index contributed by atoms with van der Waals surface area (Å²) in [5.41, 5.74) is 0. The van der Waals surface area contributed by atoms with Crippen LogP contribution in [0.15, 0.2) is 0 Å². The molecule has 0 aliphatic carbocycles. The van der Waals surface area contributed by atoms with Crippen LogP contribution in [0.25, 0.3) is 0 Å².